The zero-order chi connectivity index (χ0) is 14.1. The lowest BCUT2D eigenvalue weighted by atomic mass is 10.1. The predicted molar refractivity (Wildman–Crippen MR) is 82.2 cm³/mol. The molecule has 0 bridgehead atoms. The van der Waals surface area contributed by atoms with Crippen LogP contribution in [0.4, 0.5) is 0 Å². The van der Waals surface area contributed by atoms with E-state index in [1.165, 1.54) is 5.56 Å². The van der Waals surface area contributed by atoms with Gasteiger partial charge < -0.3 is 14.8 Å². The summed E-state index contributed by atoms with van der Waals surface area (Å²) >= 11 is 3.50. The van der Waals surface area contributed by atoms with Crippen molar-refractivity contribution in [2.45, 2.75) is 39.5 Å². The first-order chi connectivity index (χ1) is 9.17. The third-order valence-corrected chi connectivity index (χ3v) is 3.38. The number of hydrogen-bond acceptors (Lipinski definition) is 3. The molecular formula is C15H24BrNO2. The van der Waals surface area contributed by atoms with Gasteiger partial charge in [-0.2, -0.15) is 0 Å². The molecule has 3 nitrogen and oxygen atoms in total. The van der Waals surface area contributed by atoms with Gasteiger partial charge in [-0.1, -0.05) is 28.1 Å². The Bertz CT molecular complexity index is 354. The first-order valence-electron chi connectivity index (χ1n) is 6.89. The van der Waals surface area contributed by atoms with Crippen LogP contribution in [0.2, 0.25) is 0 Å². The molecular weight excluding hydrogens is 306 g/mol. The fourth-order valence-corrected chi connectivity index (χ4v) is 2.31. The molecule has 4 heteroatoms. The van der Waals surface area contributed by atoms with Crippen LogP contribution in [0.25, 0.3) is 0 Å². The van der Waals surface area contributed by atoms with Gasteiger partial charge in [-0.15, -0.1) is 0 Å². The standard InChI is InChI=1S/C15H24BrNO2/c1-4-18-15(19-5-2)9-10-17-12(3)13-7-6-8-14(16)11-13/h6-8,11-12,15,17H,4-5,9-10H2,1-3H3. The van der Waals surface area contributed by atoms with E-state index in [2.05, 4.69) is 46.4 Å². The number of ether oxygens (including phenoxy) is 2. The Morgan fingerprint density at radius 2 is 1.89 bits per heavy atom. The smallest absolute Gasteiger partial charge is 0.158 e. The summed E-state index contributed by atoms with van der Waals surface area (Å²) in [6.07, 6.45) is 0.761. The Hall–Kier alpha value is -0.420. The van der Waals surface area contributed by atoms with Crippen molar-refractivity contribution < 1.29 is 9.47 Å². The van der Waals surface area contributed by atoms with Gasteiger partial charge in [0.1, 0.15) is 0 Å². The Labute approximate surface area is 124 Å². The second-order valence-corrected chi connectivity index (χ2v) is 5.28. The highest BCUT2D eigenvalue weighted by molar-refractivity contribution is 9.10. The highest BCUT2D eigenvalue weighted by Gasteiger charge is 2.09. The average molecular weight is 330 g/mol. The molecule has 0 amide bonds. The van der Waals surface area contributed by atoms with Crippen molar-refractivity contribution >= 4 is 15.9 Å². The molecule has 1 N–H and O–H groups in total. The molecule has 1 aromatic carbocycles. The van der Waals surface area contributed by atoms with Crippen molar-refractivity contribution in [1.82, 2.24) is 5.32 Å². The normalized spacial score (nSPS) is 12.9. The van der Waals surface area contributed by atoms with Crippen LogP contribution in [0.5, 0.6) is 0 Å². The van der Waals surface area contributed by atoms with E-state index in [0.717, 1.165) is 17.4 Å². The molecule has 1 unspecified atom stereocenters. The molecule has 1 atom stereocenters. The van der Waals surface area contributed by atoms with Crippen LogP contribution in [0, 0.1) is 0 Å². The van der Waals surface area contributed by atoms with Crippen molar-refractivity contribution in [3.8, 4) is 0 Å². The van der Waals surface area contributed by atoms with Gasteiger partial charge >= 0.3 is 0 Å². The molecule has 1 rings (SSSR count). The summed E-state index contributed by atoms with van der Waals surface area (Å²) in [5.41, 5.74) is 1.28. The third-order valence-electron chi connectivity index (χ3n) is 2.88. The van der Waals surface area contributed by atoms with Crippen molar-refractivity contribution in [3.63, 3.8) is 0 Å². The summed E-state index contributed by atoms with van der Waals surface area (Å²) in [6, 6.07) is 8.68. The summed E-state index contributed by atoms with van der Waals surface area (Å²) < 4.78 is 12.1. The maximum absolute atomic E-state index is 5.52. The summed E-state index contributed by atoms with van der Waals surface area (Å²) in [5, 5.41) is 3.49. The molecule has 0 fully saturated rings. The van der Waals surface area contributed by atoms with Crippen LogP contribution in [0.15, 0.2) is 28.7 Å². The van der Waals surface area contributed by atoms with Gasteiger partial charge in [-0.3, -0.25) is 0 Å². The first-order valence-corrected chi connectivity index (χ1v) is 7.68. The monoisotopic (exact) mass is 329 g/mol. The molecule has 0 aliphatic heterocycles. The van der Waals surface area contributed by atoms with Crippen molar-refractivity contribution in [2.24, 2.45) is 0 Å². The van der Waals surface area contributed by atoms with Gasteiger partial charge in [0.2, 0.25) is 0 Å². The van der Waals surface area contributed by atoms with E-state index in [-0.39, 0.29) is 6.29 Å². The van der Waals surface area contributed by atoms with Gasteiger partial charge in [-0.05, 0) is 38.5 Å². The number of nitrogens with one attached hydrogen (secondary N) is 1. The van der Waals surface area contributed by atoms with E-state index in [4.69, 9.17) is 9.47 Å². The average Bonchev–Trinajstić information content (AvgIpc) is 2.39. The zero-order valence-electron chi connectivity index (χ0n) is 12.0. The zero-order valence-corrected chi connectivity index (χ0v) is 13.6. The van der Waals surface area contributed by atoms with E-state index in [9.17, 15) is 0 Å². The molecule has 0 aliphatic carbocycles. The van der Waals surface area contributed by atoms with Gasteiger partial charge in [0.15, 0.2) is 6.29 Å². The number of benzene rings is 1. The molecule has 0 saturated heterocycles. The molecule has 108 valence electrons. The van der Waals surface area contributed by atoms with E-state index in [0.29, 0.717) is 19.3 Å². The fourth-order valence-electron chi connectivity index (χ4n) is 1.90. The molecule has 0 aromatic heterocycles. The van der Waals surface area contributed by atoms with Crippen LogP contribution in [0.1, 0.15) is 38.8 Å². The molecule has 0 spiro atoms. The summed E-state index contributed by atoms with van der Waals surface area (Å²) in [7, 11) is 0. The molecule has 0 saturated carbocycles. The summed E-state index contributed by atoms with van der Waals surface area (Å²) in [6.45, 7) is 8.39. The lowest BCUT2D eigenvalue weighted by Gasteiger charge is -2.19. The first kappa shape index (κ1) is 16.6. The SMILES string of the molecule is CCOC(CCNC(C)c1cccc(Br)c1)OCC. The Balaban J connectivity index is 2.35. The lowest BCUT2D eigenvalue weighted by molar-refractivity contribution is -0.138. The predicted octanol–water partition coefficient (Wildman–Crippen LogP) is 3.89. The summed E-state index contributed by atoms with van der Waals surface area (Å²) in [5.74, 6) is 0. The van der Waals surface area contributed by atoms with Crippen LogP contribution < -0.4 is 5.32 Å². The maximum Gasteiger partial charge on any atom is 0.158 e. The minimum atomic E-state index is -0.0998. The van der Waals surface area contributed by atoms with Crippen LogP contribution in [-0.4, -0.2) is 26.0 Å². The minimum Gasteiger partial charge on any atom is -0.353 e. The highest BCUT2D eigenvalue weighted by Crippen LogP contribution is 2.17. The molecule has 0 aliphatic rings. The minimum absolute atomic E-state index is 0.0998. The van der Waals surface area contributed by atoms with Gasteiger partial charge in [0.25, 0.3) is 0 Å². The van der Waals surface area contributed by atoms with E-state index in [1.807, 2.05) is 19.9 Å². The fraction of sp³-hybridized carbons (Fsp3) is 0.600. The van der Waals surface area contributed by atoms with Gasteiger partial charge in [0, 0.05) is 36.7 Å². The van der Waals surface area contributed by atoms with Gasteiger partial charge in [-0.25, -0.2) is 0 Å². The highest BCUT2D eigenvalue weighted by atomic mass is 79.9. The van der Waals surface area contributed by atoms with E-state index >= 15 is 0 Å². The Morgan fingerprint density at radius 3 is 2.47 bits per heavy atom. The van der Waals surface area contributed by atoms with Crippen molar-refractivity contribution in [1.29, 1.82) is 0 Å². The Kier molecular flexibility index (Phi) is 8.30. The molecule has 0 heterocycles. The Morgan fingerprint density at radius 1 is 1.21 bits per heavy atom. The van der Waals surface area contributed by atoms with E-state index in [1.54, 1.807) is 0 Å². The third kappa shape index (κ3) is 6.52. The van der Waals surface area contributed by atoms with Crippen LogP contribution in [-0.2, 0) is 9.47 Å². The van der Waals surface area contributed by atoms with Crippen molar-refractivity contribution in [3.05, 3.63) is 34.3 Å². The van der Waals surface area contributed by atoms with Gasteiger partial charge in [0.05, 0.1) is 0 Å². The molecule has 19 heavy (non-hydrogen) atoms. The van der Waals surface area contributed by atoms with Crippen LogP contribution >= 0.6 is 15.9 Å². The number of hydrogen-bond donors (Lipinski definition) is 1. The van der Waals surface area contributed by atoms with Crippen LogP contribution in [0.3, 0.4) is 0 Å². The second kappa shape index (κ2) is 9.48. The molecule has 1 aromatic rings. The maximum atomic E-state index is 5.52. The number of halogens is 1. The topological polar surface area (TPSA) is 30.5 Å². The van der Waals surface area contributed by atoms with E-state index < -0.39 is 0 Å². The largest absolute Gasteiger partial charge is 0.353 e. The quantitative estimate of drug-likeness (QED) is 0.697. The lowest BCUT2D eigenvalue weighted by Crippen LogP contribution is -2.26. The number of rotatable bonds is 9. The molecule has 0 radical (unpaired) electrons. The summed E-state index contributed by atoms with van der Waals surface area (Å²) in [4.78, 5) is 0. The second-order valence-electron chi connectivity index (χ2n) is 4.36. The van der Waals surface area contributed by atoms with Crippen molar-refractivity contribution in [2.75, 3.05) is 19.8 Å².